The van der Waals surface area contributed by atoms with E-state index in [4.69, 9.17) is 9.47 Å². The van der Waals surface area contributed by atoms with Crippen LogP contribution in [-0.2, 0) is 11.3 Å². The molecular weight excluding hydrogens is 318 g/mol. The largest absolute Gasteiger partial charge is 0.497 e. The number of ether oxygens (including phenoxy) is 2. The molecule has 2 heterocycles. The predicted octanol–water partition coefficient (Wildman–Crippen LogP) is 2.68. The number of rotatable bonds is 6. The number of aromatic nitrogens is 2. The van der Waals surface area contributed by atoms with Crippen LogP contribution in [0.2, 0.25) is 0 Å². The van der Waals surface area contributed by atoms with E-state index in [9.17, 15) is 4.79 Å². The fourth-order valence-electron chi connectivity index (χ4n) is 2.44. The van der Waals surface area contributed by atoms with Crippen molar-refractivity contribution in [3.63, 3.8) is 0 Å². The third-order valence-electron chi connectivity index (χ3n) is 3.71. The number of pyridine rings is 1. The van der Waals surface area contributed by atoms with E-state index in [2.05, 4.69) is 10.3 Å². The van der Waals surface area contributed by atoms with Crippen molar-refractivity contribution >= 4 is 17.6 Å². The highest BCUT2D eigenvalue weighted by molar-refractivity contribution is 5.92. The minimum absolute atomic E-state index is 0.207. The third kappa shape index (κ3) is 3.98. The number of nitrogens with one attached hydrogen (secondary N) is 1. The van der Waals surface area contributed by atoms with Crippen LogP contribution in [0.5, 0.6) is 11.5 Å². The maximum atomic E-state index is 12.1. The van der Waals surface area contributed by atoms with E-state index < -0.39 is 0 Å². The maximum Gasteiger partial charge on any atom is 0.244 e. The Morgan fingerprint density at radius 3 is 2.88 bits per heavy atom. The van der Waals surface area contributed by atoms with Gasteiger partial charge in [-0.05, 0) is 36.4 Å². The van der Waals surface area contributed by atoms with Gasteiger partial charge in [0.15, 0.2) is 0 Å². The SMILES string of the molecule is COc1ccc(OC)c(/C=C/C(=O)NCc2cn3ccccc3n2)c1. The van der Waals surface area contributed by atoms with E-state index in [0.29, 0.717) is 18.0 Å². The number of hydrogen-bond acceptors (Lipinski definition) is 4. The van der Waals surface area contributed by atoms with Crippen molar-refractivity contribution in [1.29, 1.82) is 0 Å². The van der Waals surface area contributed by atoms with Crippen molar-refractivity contribution < 1.29 is 14.3 Å². The van der Waals surface area contributed by atoms with Gasteiger partial charge in [0.05, 0.1) is 26.5 Å². The molecule has 0 fully saturated rings. The van der Waals surface area contributed by atoms with Crippen molar-refractivity contribution in [2.45, 2.75) is 6.54 Å². The smallest absolute Gasteiger partial charge is 0.244 e. The summed E-state index contributed by atoms with van der Waals surface area (Å²) in [6, 6.07) is 11.2. The number of hydrogen-bond donors (Lipinski definition) is 1. The molecule has 0 spiro atoms. The van der Waals surface area contributed by atoms with Gasteiger partial charge in [0, 0.05) is 24.0 Å². The van der Waals surface area contributed by atoms with E-state index in [-0.39, 0.29) is 5.91 Å². The van der Waals surface area contributed by atoms with Gasteiger partial charge in [-0.15, -0.1) is 0 Å². The van der Waals surface area contributed by atoms with Crippen molar-refractivity contribution in [1.82, 2.24) is 14.7 Å². The molecule has 128 valence electrons. The molecule has 1 aromatic carbocycles. The van der Waals surface area contributed by atoms with Crippen LogP contribution in [0.3, 0.4) is 0 Å². The third-order valence-corrected chi connectivity index (χ3v) is 3.71. The molecular formula is C19H19N3O3. The van der Waals surface area contributed by atoms with E-state index in [1.165, 1.54) is 6.08 Å². The summed E-state index contributed by atoms with van der Waals surface area (Å²) in [5.74, 6) is 1.16. The summed E-state index contributed by atoms with van der Waals surface area (Å²) in [6.45, 7) is 0.361. The minimum Gasteiger partial charge on any atom is -0.497 e. The second-order valence-electron chi connectivity index (χ2n) is 5.36. The first-order chi connectivity index (χ1) is 12.2. The Labute approximate surface area is 145 Å². The molecule has 6 nitrogen and oxygen atoms in total. The number of fused-ring (bicyclic) bond motifs is 1. The van der Waals surface area contributed by atoms with Gasteiger partial charge in [-0.3, -0.25) is 4.79 Å². The summed E-state index contributed by atoms with van der Waals surface area (Å²) in [5.41, 5.74) is 2.42. The van der Waals surface area contributed by atoms with Crippen LogP contribution in [0, 0.1) is 0 Å². The number of nitrogens with zero attached hydrogens (tertiary/aromatic N) is 2. The van der Waals surface area contributed by atoms with Gasteiger partial charge in [0.25, 0.3) is 0 Å². The fourth-order valence-corrected chi connectivity index (χ4v) is 2.44. The number of benzene rings is 1. The molecule has 2 aromatic heterocycles. The van der Waals surface area contributed by atoms with Crippen LogP contribution < -0.4 is 14.8 Å². The van der Waals surface area contributed by atoms with E-state index in [0.717, 1.165) is 16.9 Å². The molecule has 0 aliphatic carbocycles. The molecule has 6 heteroatoms. The second kappa shape index (κ2) is 7.53. The lowest BCUT2D eigenvalue weighted by atomic mass is 10.1. The zero-order valence-electron chi connectivity index (χ0n) is 14.1. The first-order valence-corrected chi connectivity index (χ1v) is 7.80. The summed E-state index contributed by atoms with van der Waals surface area (Å²) >= 11 is 0. The summed E-state index contributed by atoms with van der Waals surface area (Å²) in [4.78, 5) is 16.5. The topological polar surface area (TPSA) is 64.9 Å². The van der Waals surface area contributed by atoms with Crippen LogP contribution in [0.15, 0.2) is 54.9 Å². The molecule has 0 saturated heterocycles. The lowest BCUT2D eigenvalue weighted by Gasteiger charge is -2.07. The lowest BCUT2D eigenvalue weighted by molar-refractivity contribution is -0.116. The monoisotopic (exact) mass is 337 g/mol. The molecule has 3 rings (SSSR count). The summed E-state index contributed by atoms with van der Waals surface area (Å²) in [5, 5.41) is 2.82. The van der Waals surface area contributed by atoms with Crippen LogP contribution in [0.1, 0.15) is 11.3 Å². The van der Waals surface area contributed by atoms with E-state index >= 15 is 0 Å². The number of imidazole rings is 1. The van der Waals surface area contributed by atoms with Gasteiger partial charge < -0.3 is 19.2 Å². The molecule has 0 atom stereocenters. The molecule has 0 bridgehead atoms. The Balaban J connectivity index is 1.65. The molecule has 25 heavy (non-hydrogen) atoms. The molecule has 0 saturated carbocycles. The molecule has 0 radical (unpaired) electrons. The highest BCUT2D eigenvalue weighted by Crippen LogP contribution is 2.24. The number of amides is 1. The molecule has 3 aromatic rings. The average Bonchev–Trinajstić information content (AvgIpc) is 3.07. The van der Waals surface area contributed by atoms with Crippen LogP contribution in [-0.4, -0.2) is 29.5 Å². The van der Waals surface area contributed by atoms with Crippen LogP contribution >= 0.6 is 0 Å². The lowest BCUT2D eigenvalue weighted by Crippen LogP contribution is -2.20. The van der Waals surface area contributed by atoms with Crippen molar-refractivity contribution in [3.05, 3.63) is 66.1 Å². The van der Waals surface area contributed by atoms with Gasteiger partial charge in [-0.25, -0.2) is 4.98 Å². The molecule has 0 unspecified atom stereocenters. The van der Waals surface area contributed by atoms with Crippen LogP contribution in [0.4, 0.5) is 0 Å². The number of carbonyl (C=O) groups is 1. The molecule has 0 aliphatic rings. The Hall–Kier alpha value is -3.28. The minimum atomic E-state index is -0.207. The van der Waals surface area contributed by atoms with Gasteiger partial charge in [-0.1, -0.05) is 6.07 Å². The van der Waals surface area contributed by atoms with Crippen LogP contribution in [0.25, 0.3) is 11.7 Å². The Bertz CT molecular complexity index is 882. The average molecular weight is 337 g/mol. The van der Waals surface area contributed by atoms with Gasteiger partial charge in [-0.2, -0.15) is 0 Å². The molecule has 1 amide bonds. The van der Waals surface area contributed by atoms with Crippen molar-refractivity contribution in [3.8, 4) is 11.5 Å². The Morgan fingerprint density at radius 2 is 2.12 bits per heavy atom. The maximum absolute atomic E-state index is 12.1. The molecule has 0 aliphatic heterocycles. The second-order valence-corrected chi connectivity index (χ2v) is 5.36. The van der Waals surface area contributed by atoms with Crippen molar-refractivity contribution in [2.24, 2.45) is 0 Å². The Kier molecular flexibility index (Phi) is 4.99. The van der Waals surface area contributed by atoms with Gasteiger partial charge >= 0.3 is 0 Å². The highest BCUT2D eigenvalue weighted by atomic mass is 16.5. The summed E-state index contributed by atoms with van der Waals surface area (Å²) < 4.78 is 12.4. The Morgan fingerprint density at radius 1 is 1.24 bits per heavy atom. The normalized spacial score (nSPS) is 11.0. The van der Waals surface area contributed by atoms with E-state index in [1.54, 1.807) is 32.4 Å². The van der Waals surface area contributed by atoms with Crippen molar-refractivity contribution in [2.75, 3.05) is 14.2 Å². The highest BCUT2D eigenvalue weighted by Gasteiger charge is 2.04. The van der Waals surface area contributed by atoms with Gasteiger partial charge in [0.2, 0.25) is 5.91 Å². The quantitative estimate of drug-likeness (QED) is 0.703. The van der Waals surface area contributed by atoms with Gasteiger partial charge in [0.1, 0.15) is 17.1 Å². The predicted molar refractivity (Wildman–Crippen MR) is 95.6 cm³/mol. The molecule has 1 N–H and O–H groups in total. The first-order valence-electron chi connectivity index (χ1n) is 7.80. The fraction of sp³-hybridized carbons (Fsp3) is 0.158. The number of methoxy groups -OCH3 is 2. The zero-order valence-corrected chi connectivity index (χ0v) is 14.1. The number of carbonyl (C=O) groups excluding carboxylic acids is 1. The summed E-state index contributed by atoms with van der Waals surface area (Å²) in [7, 11) is 3.18. The first kappa shape index (κ1) is 16.6. The zero-order chi connectivity index (χ0) is 17.6. The standard InChI is InChI=1S/C19H19N3O3/c1-24-16-7-8-17(25-2)14(11-16)6-9-19(23)20-12-15-13-22-10-4-3-5-18(22)21-15/h3-11,13H,12H2,1-2H3,(H,20,23)/b9-6+. The summed E-state index contributed by atoms with van der Waals surface area (Å²) in [6.07, 6.45) is 6.97. The van der Waals surface area contributed by atoms with E-state index in [1.807, 2.05) is 41.1 Å².